The number of methoxy groups -OCH3 is 1. The van der Waals surface area contributed by atoms with Gasteiger partial charge in [-0.2, -0.15) is 0 Å². The second kappa shape index (κ2) is 7.41. The van der Waals surface area contributed by atoms with E-state index in [4.69, 9.17) is 33.0 Å². The number of hydrogen-bond acceptors (Lipinski definition) is 3. The minimum Gasteiger partial charge on any atom is -0.496 e. The van der Waals surface area contributed by atoms with Crippen LogP contribution in [0.15, 0.2) is 42.2 Å². The number of rotatable bonds is 5. The summed E-state index contributed by atoms with van der Waals surface area (Å²) in [7, 11) is -2.42. The molecule has 2 rings (SSSR count). The van der Waals surface area contributed by atoms with Gasteiger partial charge in [-0.3, -0.25) is 4.57 Å². The topological polar surface area (TPSA) is 83.8 Å². The largest absolute Gasteiger partial charge is 0.496 e. The van der Waals surface area contributed by atoms with Crippen molar-refractivity contribution in [1.82, 2.24) is 0 Å². The first-order chi connectivity index (χ1) is 11.3. The molecule has 2 aromatic rings. The normalized spacial score (nSPS) is 13.7. The van der Waals surface area contributed by atoms with E-state index >= 15 is 0 Å². The Balaban J connectivity index is 2.40. The number of carbonyl (C=O) groups is 1. The summed E-state index contributed by atoms with van der Waals surface area (Å²) in [6.45, 7) is 0. The Hall–Kier alpha value is -1.78. The molecule has 5 nitrogen and oxygen atoms in total. The summed E-state index contributed by atoms with van der Waals surface area (Å²) < 4.78 is 17.6. The third-order valence-corrected chi connectivity index (χ3v) is 5.39. The first-order valence-electron chi connectivity index (χ1n) is 6.64. The van der Waals surface area contributed by atoms with Crippen LogP contribution in [0, 0.1) is 0 Å². The highest BCUT2D eigenvalue weighted by atomic mass is 35.5. The molecule has 126 valence electrons. The van der Waals surface area contributed by atoms with Gasteiger partial charge in [-0.15, -0.1) is 0 Å². The minimum absolute atomic E-state index is 0.0558. The van der Waals surface area contributed by atoms with E-state index in [9.17, 15) is 14.3 Å². The second-order valence-electron chi connectivity index (χ2n) is 4.78. The first kappa shape index (κ1) is 18.6. The molecule has 0 heterocycles. The van der Waals surface area contributed by atoms with Crippen molar-refractivity contribution < 1.29 is 24.1 Å². The molecule has 0 radical (unpaired) electrons. The Kier molecular flexibility index (Phi) is 5.73. The van der Waals surface area contributed by atoms with Gasteiger partial charge in [0.25, 0.3) is 7.37 Å². The standard InChI is InChI=1S/C16H13Cl2O5P/c1-23-13-4-2-3-5-14(13)24(21,22)7-6-10-8-11(17)15(16(19)20)12(18)9-10/h2-9H,1H3,(H,19,20)(H,21,22)/b7-6+. The number of para-hydroxylation sites is 1. The smallest absolute Gasteiger partial charge is 0.338 e. The van der Waals surface area contributed by atoms with Crippen molar-refractivity contribution in [2.75, 3.05) is 7.11 Å². The van der Waals surface area contributed by atoms with Crippen LogP contribution in [-0.4, -0.2) is 23.1 Å². The number of carboxylic acid groups (broad SMARTS) is 1. The molecule has 0 amide bonds. The van der Waals surface area contributed by atoms with Crippen LogP contribution in [0.3, 0.4) is 0 Å². The summed E-state index contributed by atoms with van der Waals surface area (Å²) in [6.07, 6.45) is 1.36. The van der Waals surface area contributed by atoms with E-state index in [1.54, 1.807) is 18.2 Å². The lowest BCUT2D eigenvalue weighted by atomic mass is 10.1. The van der Waals surface area contributed by atoms with Crippen LogP contribution in [-0.2, 0) is 4.57 Å². The monoisotopic (exact) mass is 386 g/mol. The van der Waals surface area contributed by atoms with Gasteiger partial charge >= 0.3 is 5.97 Å². The lowest BCUT2D eigenvalue weighted by Crippen LogP contribution is -2.06. The summed E-state index contributed by atoms with van der Waals surface area (Å²) >= 11 is 11.8. The van der Waals surface area contributed by atoms with Crippen LogP contribution in [0.1, 0.15) is 15.9 Å². The molecule has 1 atom stereocenters. The average Bonchev–Trinajstić information content (AvgIpc) is 2.52. The zero-order chi connectivity index (χ0) is 17.9. The van der Waals surface area contributed by atoms with Crippen molar-refractivity contribution in [1.29, 1.82) is 0 Å². The number of halogens is 2. The van der Waals surface area contributed by atoms with Gasteiger partial charge in [0.1, 0.15) is 5.75 Å². The van der Waals surface area contributed by atoms with Crippen molar-refractivity contribution in [3.8, 4) is 5.75 Å². The Morgan fingerprint density at radius 3 is 2.33 bits per heavy atom. The molecule has 0 spiro atoms. The molecular weight excluding hydrogens is 374 g/mol. The Bertz CT molecular complexity index is 840. The molecule has 0 bridgehead atoms. The fraction of sp³-hybridized carbons (Fsp3) is 0.0625. The van der Waals surface area contributed by atoms with Crippen LogP contribution in [0.4, 0.5) is 0 Å². The van der Waals surface area contributed by atoms with Crippen LogP contribution in [0.25, 0.3) is 6.08 Å². The average molecular weight is 387 g/mol. The molecule has 8 heteroatoms. The fourth-order valence-corrected chi connectivity index (χ4v) is 4.04. The maximum atomic E-state index is 12.5. The number of carboxylic acids is 1. The van der Waals surface area contributed by atoms with E-state index in [1.165, 1.54) is 31.4 Å². The summed E-state index contributed by atoms with van der Waals surface area (Å²) in [6, 6.07) is 9.12. The highest BCUT2D eigenvalue weighted by molar-refractivity contribution is 7.69. The molecule has 0 aliphatic heterocycles. The molecule has 0 aliphatic carbocycles. The van der Waals surface area contributed by atoms with Crippen LogP contribution < -0.4 is 10.0 Å². The Morgan fingerprint density at radius 1 is 1.21 bits per heavy atom. The summed E-state index contributed by atoms with van der Waals surface area (Å²) in [5.74, 6) is 0.167. The number of ether oxygens (including phenoxy) is 1. The van der Waals surface area contributed by atoms with Crippen LogP contribution in [0.2, 0.25) is 10.0 Å². The lowest BCUT2D eigenvalue weighted by Gasteiger charge is -2.11. The molecular formula is C16H13Cl2O5P. The van der Waals surface area contributed by atoms with Gasteiger partial charge in [-0.25, -0.2) is 4.79 Å². The first-order valence-corrected chi connectivity index (χ1v) is 9.12. The zero-order valence-corrected chi connectivity index (χ0v) is 14.8. The SMILES string of the molecule is COc1ccccc1P(=O)(O)/C=C/c1cc(Cl)c(C(=O)O)c(Cl)c1. The Labute approximate surface area is 148 Å². The quantitative estimate of drug-likeness (QED) is 0.749. The lowest BCUT2D eigenvalue weighted by molar-refractivity contribution is 0.0697. The van der Waals surface area contributed by atoms with E-state index in [2.05, 4.69) is 0 Å². The number of hydrogen-bond donors (Lipinski definition) is 2. The maximum Gasteiger partial charge on any atom is 0.338 e. The maximum absolute atomic E-state index is 12.5. The Morgan fingerprint density at radius 2 is 1.79 bits per heavy atom. The van der Waals surface area contributed by atoms with E-state index in [-0.39, 0.29) is 20.9 Å². The minimum atomic E-state index is -3.83. The summed E-state index contributed by atoms with van der Waals surface area (Å²) in [5.41, 5.74) is 0.187. The molecule has 0 aromatic heterocycles. The highest BCUT2D eigenvalue weighted by Crippen LogP contribution is 2.44. The van der Waals surface area contributed by atoms with Crippen molar-refractivity contribution in [2.45, 2.75) is 0 Å². The molecule has 2 N–H and O–H groups in total. The number of aromatic carboxylic acids is 1. The van der Waals surface area contributed by atoms with Crippen molar-refractivity contribution >= 4 is 47.9 Å². The van der Waals surface area contributed by atoms with E-state index in [0.717, 1.165) is 5.82 Å². The van der Waals surface area contributed by atoms with Crippen LogP contribution in [0.5, 0.6) is 5.75 Å². The molecule has 0 saturated carbocycles. The molecule has 2 aromatic carbocycles. The van der Waals surface area contributed by atoms with Crippen molar-refractivity contribution in [3.05, 3.63) is 63.4 Å². The van der Waals surface area contributed by atoms with Gasteiger partial charge in [0, 0.05) is 5.82 Å². The molecule has 0 fully saturated rings. The van der Waals surface area contributed by atoms with Gasteiger partial charge in [0.05, 0.1) is 28.0 Å². The van der Waals surface area contributed by atoms with E-state index < -0.39 is 13.3 Å². The predicted molar refractivity (Wildman–Crippen MR) is 94.9 cm³/mol. The predicted octanol–water partition coefficient (Wildman–Crippen LogP) is 4.27. The van der Waals surface area contributed by atoms with Crippen molar-refractivity contribution in [2.24, 2.45) is 0 Å². The molecule has 0 aliphatic rings. The van der Waals surface area contributed by atoms with Gasteiger partial charge in [0.2, 0.25) is 0 Å². The molecule has 0 saturated heterocycles. The number of benzene rings is 2. The third kappa shape index (κ3) is 4.00. The summed E-state index contributed by atoms with van der Waals surface area (Å²) in [5, 5.41) is 9.06. The highest BCUT2D eigenvalue weighted by Gasteiger charge is 2.22. The zero-order valence-electron chi connectivity index (χ0n) is 12.4. The summed E-state index contributed by atoms with van der Waals surface area (Å²) in [4.78, 5) is 21.3. The molecule has 24 heavy (non-hydrogen) atoms. The molecule has 1 unspecified atom stereocenters. The third-order valence-electron chi connectivity index (χ3n) is 3.18. The van der Waals surface area contributed by atoms with E-state index in [1.807, 2.05) is 0 Å². The van der Waals surface area contributed by atoms with Gasteiger partial charge < -0.3 is 14.7 Å². The van der Waals surface area contributed by atoms with Crippen LogP contribution >= 0.6 is 30.6 Å². The van der Waals surface area contributed by atoms with E-state index in [0.29, 0.717) is 11.3 Å². The van der Waals surface area contributed by atoms with Crippen molar-refractivity contribution in [3.63, 3.8) is 0 Å². The van der Waals surface area contributed by atoms with Gasteiger partial charge in [-0.05, 0) is 35.9 Å². The van der Waals surface area contributed by atoms with Gasteiger partial charge in [-0.1, -0.05) is 35.3 Å². The second-order valence-corrected chi connectivity index (χ2v) is 7.62. The fourth-order valence-electron chi connectivity index (χ4n) is 2.06. The van der Waals surface area contributed by atoms with Gasteiger partial charge in [0.15, 0.2) is 0 Å².